The van der Waals surface area contributed by atoms with Crippen molar-refractivity contribution < 1.29 is 9.53 Å². The molecule has 1 amide bonds. The smallest absolute Gasteiger partial charge is 0.235 e. The van der Waals surface area contributed by atoms with Gasteiger partial charge >= 0.3 is 0 Å². The Bertz CT molecular complexity index is 149. The van der Waals surface area contributed by atoms with Crippen LogP contribution in [0.3, 0.4) is 0 Å². The Hall–Kier alpha value is -0.280. The molecule has 2 unspecified atom stereocenters. The van der Waals surface area contributed by atoms with Gasteiger partial charge in [-0.05, 0) is 12.8 Å². The van der Waals surface area contributed by atoms with Gasteiger partial charge in [0.25, 0.3) is 0 Å². The molecule has 2 atom stereocenters. The van der Waals surface area contributed by atoms with Crippen LogP contribution in [0.2, 0.25) is 0 Å². The summed E-state index contributed by atoms with van der Waals surface area (Å²) in [6, 6.07) is 0.186. The first kappa shape index (κ1) is 8.81. The van der Waals surface area contributed by atoms with Gasteiger partial charge in [0.05, 0.1) is 12.1 Å². The third kappa shape index (κ3) is 2.07. The molecule has 1 aliphatic carbocycles. The lowest BCUT2D eigenvalue weighted by atomic mass is 9.89. The summed E-state index contributed by atoms with van der Waals surface area (Å²) in [6.07, 6.45) is 2.23. The molecule has 1 fully saturated rings. The summed E-state index contributed by atoms with van der Waals surface area (Å²) >= 11 is 5.32. The molecular formula is C7H12ClNO2. The Morgan fingerprint density at radius 3 is 2.82 bits per heavy atom. The zero-order valence-corrected chi connectivity index (χ0v) is 7.23. The Labute approximate surface area is 71.1 Å². The van der Waals surface area contributed by atoms with E-state index in [1.807, 2.05) is 0 Å². The fourth-order valence-electron chi connectivity index (χ4n) is 1.16. The van der Waals surface area contributed by atoms with Crippen LogP contribution in [0.15, 0.2) is 0 Å². The van der Waals surface area contributed by atoms with Gasteiger partial charge in [-0.3, -0.25) is 4.79 Å². The van der Waals surface area contributed by atoms with Crippen LogP contribution in [-0.4, -0.2) is 31.0 Å². The van der Waals surface area contributed by atoms with E-state index in [0.717, 1.165) is 12.8 Å². The van der Waals surface area contributed by atoms with Gasteiger partial charge in [-0.1, -0.05) is 0 Å². The van der Waals surface area contributed by atoms with Crippen molar-refractivity contribution >= 4 is 17.5 Å². The molecule has 1 aliphatic rings. The number of halogens is 1. The van der Waals surface area contributed by atoms with Crippen LogP contribution in [0.1, 0.15) is 12.8 Å². The molecule has 1 saturated carbocycles. The molecule has 0 saturated heterocycles. The number of carbonyl (C=O) groups excluding carboxylic acids is 1. The average molecular weight is 178 g/mol. The summed E-state index contributed by atoms with van der Waals surface area (Å²) in [4.78, 5) is 10.8. The monoisotopic (exact) mass is 177 g/mol. The second-order valence-electron chi connectivity index (χ2n) is 2.66. The van der Waals surface area contributed by atoms with Gasteiger partial charge in [0, 0.05) is 7.11 Å². The molecule has 4 heteroatoms. The van der Waals surface area contributed by atoms with Crippen molar-refractivity contribution in [2.24, 2.45) is 0 Å². The van der Waals surface area contributed by atoms with Gasteiger partial charge in [0.1, 0.15) is 5.88 Å². The molecule has 11 heavy (non-hydrogen) atoms. The number of alkyl halides is 1. The Morgan fingerprint density at radius 2 is 2.45 bits per heavy atom. The zero-order chi connectivity index (χ0) is 8.27. The maximum absolute atomic E-state index is 10.8. The maximum Gasteiger partial charge on any atom is 0.235 e. The van der Waals surface area contributed by atoms with Gasteiger partial charge in [-0.2, -0.15) is 0 Å². The number of hydrogen-bond donors (Lipinski definition) is 1. The van der Waals surface area contributed by atoms with Crippen LogP contribution in [0.4, 0.5) is 0 Å². The number of carbonyl (C=O) groups is 1. The number of rotatable bonds is 3. The van der Waals surface area contributed by atoms with E-state index < -0.39 is 0 Å². The summed E-state index contributed by atoms with van der Waals surface area (Å²) in [6.45, 7) is 0. The molecule has 1 N–H and O–H groups in total. The number of hydrogen-bond acceptors (Lipinski definition) is 2. The highest BCUT2D eigenvalue weighted by Gasteiger charge is 2.31. The van der Waals surface area contributed by atoms with E-state index in [9.17, 15) is 4.79 Å². The highest BCUT2D eigenvalue weighted by atomic mass is 35.5. The van der Waals surface area contributed by atoms with Gasteiger partial charge in [-0.15, -0.1) is 11.6 Å². The largest absolute Gasteiger partial charge is 0.379 e. The fourth-order valence-corrected chi connectivity index (χ4v) is 1.24. The normalized spacial score (nSPS) is 29.3. The molecule has 0 bridgehead atoms. The van der Waals surface area contributed by atoms with Gasteiger partial charge in [0.2, 0.25) is 5.91 Å². The van der Waals surface area contributed by atoms with Crippen LogP contribution >= 0.6 is 11.6 Å². The van der Waals surface area contributed by atoms with E-state index in [1.165, 1.54) is 0 Å². The Balaban J connectivity index is 2.21. The van der Waals surface area contributed by atoms with Crippen molar-refractivity contribution in [3.05, 3.63) is 0 Å². The van der Waals surface area contributed by atoms with Crippen LogP contribution in [0, 0.1) is 0 Å². The van der Waals surface area contributed by atoms with E-state index in [0.29, 0.717) is 0 Å². The van der Waals surface area contributed by atoms with E-state index in [1.54, 1.807) is 7.11 Å². The van der Waals surface area contributed by atoms with Crippen molar-refractivity contribution in [3.63, 3.8) is 0 Å². The molecule has 0 aromatic rings. The van der Waals surface area contributed by atoms with Crippen LogP contribution in [0.5, 0.6) is 0 Å². The highest BCUT2D eigenvalue weighted by Crippen LogP contribution is 2.22. The van der Waals surface area contributed by atoms with E-state index >= 15 is 0 Å². The predicted octanol–water partition coefficient (Wildman–Crippen LogP) is 0.519. The molecule has 0 aliphatic heterocycles. The van der Waals surface area contributed by atoms with Crippen molar-refractivity contribution in [2.45, 2.75) is 25.0 Å². The minimum Gasteiger partial charge on any atom is -0.379 e. The van der Waals surface area contributed by atoms with Crippen molar-refractivity contribution in [2.75, 3.05) is 13.0 Å². The van der Waals surface area contributed by atoms with Gasteiger partial charge < -0.3 is 10.1 Å². The minimum absolute atomic E-state index is 0.0347. The summed E-state index contributed by atoms with van der Waals surface area (Å²) in [5.74, 6) is -0.0779. The Morgan fingerprint density at radius 1 is 1.73 bits per heavy atom. The first-order valence-corrected chi connectivity index (χ1v) is 4.19. The first-order valence-electron chi connectivity index (χ1n) is 3.66. The zero-order valence-electron chi connectivity index (χ0n) is 6.47. The quantitative estimate of drug-likeness (QED) is 0.639. The molecular weight excluding hydrogens is 166 g/mol. The summed E-state index contributed by atoms with van der Waals surface area (Å²) in [5.41, 5.74) is 0. The molecule has 3 nitrogen and oxygen atoms in total. The molecule has 0 spiro atoms. The van der Waals surface area contributed by atoms with E-state index in [-0.39, 0.29) is 23.9 Å². The SMILES string of the molecule is COC1CCC1NC(=O)CCl. The number of methoxy groups -OCH3 is 1. The molecule has 64 valence electrons. The van der Waals surface area contributed by atoms with Crippen LogP contribution in [-0.2, 0) is 9.53 Å². The first-order chi connectivity index (χ1) is 5.27. The van der Waals surface area contributed by atoms with Crippen LogP contribution < -0.4 is 5.32 Å². The predicted molar refractivity (Wildman–Crippen MR) is 42.7 cm³/mol. The van der Waals surface area contributed by atoms with Crippen molar-refractivity contribution in [1.82, 2.24) is 5.32 Å². The number of nitrogens with one attached hydrogen (secondary N) is 1. The fraction of sp³-hybridized carbons (Fsp3) is 0.857. The standard InChI is InChI=1S/C7H12ClNO2/c1-11-6-3-2-5(6)9-7(10)4-8/h5-6H,2-4H2,1H3,(H,9,10). The molecule has 0 radical (unpaired) electrons. The molecule has 0 aromatic carbocycles. The lowest BCUT2D eigenvalue weighted by molar-refractivity contribution is -0.122. The number of amides is 1. The average Bonchev–Trinajstić information content (AvgIpc) is 1.98. The maximum atomic E-state index is 10.8. The van der Waals surface area contributed by atoms with Crippen molar-refractivity contribution in [3.8, 4) is 0 Å². The third-order valence-corrected chi connectivity index (χ3v) is 2.22. The molecule has 0 heterocycles. The van der Waals surface area contributed by atoms with Crippen molar-refractivity contribution in [1.29, 1.82) is 0 Å². The molecule has 0 aromatic heterocycles. The lowest BCUT2D eigenvalue weighted by Crippen LogP contribution is -2.51. The van der Waals surface area contributed by atoms with Crippen LogP contribution in [0.25, 0.3) is 0 Å². The topological polar surface area (TPSA) is 38.3 Å². The van der Waals surface area contributed by atoms with Gasteiger partial charge in [-0.25, -0.2) is 0 Å². The second kappa shape index (κ2) is 3.93. The van der Waals surface area contributed by atoms with E-state index in [2.05, 4.69) is 5.32 Å². The second-order valence-corrected chi connectivity index (χ2v) is 2.93. The highest BCUT2D eigenvalue weighted by molar-refractivity contribution is 6.27. The van der Waals surface area contributed by atoms with E-state index in [4.69, 9.17) is 16.3 Å². The minimum atomic E-state index is -0.113. The number of ether oxygens (including phenoxy) is 1. The summed E-state index contributed by atoms with van der Waals surface area (Å²) in [5, 5.41) is 2.77. The Kier molecular flexibility index (Phi) is 3.15. The van der Waals surface area contributed by atoms with Gasteiger partial charge in [0.15, 0.2) is 0 Å². The third-order valence-electron chi connectivity index (χ3n) is 1.98. The summed E-state index contributed by atoms with van der Waals surface area (Å²) in [7, 11) is 1.66. The summed E-state index contributed by atoms with van der Waals surface area (Å²) < 4.78 is 5.09. The molecule has 1 rings (SSSR count). The lowest BCUT2D eigenvalue weighted by Gasteiger charge is -2.35.